The first kappa shape index (κ1) is 23.7. The Hall–Kier alpha value is -4.46. The normalized spacial score (nSPS) is 15.9. The second-order valence-electron chi connectivity index (χ2n) is 8.10. The summed E-state index contributed by atoms with van der Waals surface area (Å²) < 4.78 is 5.75. The van der Waals surface area contributed by atoms with Crippen LogP contribution in [0, 0.1) is 0 Å². The topological polar surface area (TPSA) is 100 Å². The molecule has 0 spiro atoms. The number of anilines is 1. The Morgan fingerprint density at radius 2 is 1.97 bits per heavy atom. The van der Waals surface area contributed by atoms with E-state index in [1.807, 2.05) is 12.1 Å². The van der Waals surface area contributed by atoms with Crippen molar-refractivity contribution in [3.8, 4) is 16.9 Å². The van der Waals surface area contributed by atoms with E-state index in [1.54, 1.807) is 41.3 Å². The van der Waals surface area contributed by atoms with Crippen LogP contribution in [0.3, 0.4) is 0 Å². The highest BCUT2D eigenvalue weighted by Gasteiger charge is 2.23. The predicted molar refractivity (Wildman–Crippen MR) is 138 cm³/mol. The van der Waals surface area contributed by atoms with E-state index in [9.17, 15) is 9.59 Å². The van der Waals surface area contributed by atoms with Gasteiger partial charge in [-0.15, -0.1) is 0 Å². The molecule has 1 aliphatic heterocycles. The van der Waals surface area contributed by atoms with Gasteiger partial charge in [-0.05, 0) is 54.8 Å². The molecule has 8 heteroatoms. The lowest BCUT2D eigenvalue weighted by Gasteiger charge is -2.33. The summed E-state index contributed by atoms with van der Waals surface area (Å²) in [7, 11) is 0. The van der Waals surface area contributed by atoms with Gasteiger partial charge < -0.3 is 19.9 Å². The molecule has 1 atom stereocenters. The number of hydrogen-bond donors (Lipinski definition) is 2. The highest BCUT2D eigenvalue weighted by Crippen LogP contribution is 2.26. The van der Waals surface area contributed by atoms with Gasteiger partial charge in [-0.25, -0.2) is 9.97 Å². The molecule has 2 aromatic heterocycles. The fraction of sp³-hybridized carbons (Fsp3) is 0.185. The van der Waals surface area contributed by atoms with Crippen LogP contribution in [0.4, 0.5) is 5.82 Å². The molecule has 4 rings (SSSR count). The van der Waals surface area contributed by atoms with Gasteiger partial charge in [-0.3, -0.25) is 9.59 Å². The van der Waals surface area contributed by atoms with Crippen molar-refractivity contribution in [3.05, 3.63) is 96.8 Å². The molecule has 0 radical (unpaired) electrons. The van der Waals surface area contributed by atoms with Crippen molar-refractivity contribution in [1.82, 2.24) is 19.9 Å². The number of ether oxygens (including phenoxy) is 1. The number of pyridine rings is 1. The first-order valence-electron chi connectivity index (χ1n) is 11.3. The number of piperidine rings is 1. The lowest BCUT2D eigenvalue weighted by Crippen LogP contribution is -2.44. The number of carbonyl (C=O) groups excluding carboxylic acids is 1. The number of carbonyl (C=O) groups is 1. The van der Waals surface area contributed by atoms with Crippen LogP contribution in [-0.4, -0.2) is 44.9 Å². The summed E-state index contributed by atoms with van der Waals surface area (Å²) in [5.41, 5.74) is 1.40. The minimum atomic E-state index is -0.255. The summed E-state index contributed by atoms with van der Waals surface area (Å²) in [5.74, 6) is 1.71. The molecule has 1 aromatic carbocycles. The van der Waals surface area contributed by atoms with Gasteiger partial charge in [0.15, 0.2) is 0 Å². The number of aromatic amines is 1. The minimum absolute atomic E-state index is 0.0280. The van der Waals surface area contributed by atoms with E-state index in [0.29, 0.717) is 47.0 Å². The number of fused-ring (bicyclic) bond motifs is 1. The van der Waals surface area contributed by atoms with Gasteiger partial charge in [-0.2, -0.15) is 0 Å². The average molecular weight is 470 g/mol. The molecule has 1 fully saturated rings. The molecule has 8 nitrogen and oxygen atoms in total. The van der Waals surface area contributed by atoms with Crippen molar-refractivity contribution >= 4 is 22.8 Å². The molecule has 1 amide bonds. The summed E-state index contributed by atoms with van der Waals surface area (Å²) in [4.78, 5) is 38.1. The van der Waals surface area contributed by atoms with Crippen LogP contribution >= 0.6 is 0 Å². The zero-order valence-corrected chi connectivity index (χ0v) is 19.4. The second kappa shape index (κ2) is 10.6. The first-order chi connectivity index (χ1) is 17.0. The molecule has 0 bridgehead atoms. The van der Waals surface area contributed by atoms with Crippen LogP contribution < -0.4 is 15.6 Å². The average Bonchev–Trinajstić information content (AvgIpc) is 2.88. The summed E-state index contributed by atoms with van der Waals surface area (Å²) >= 11 is 0. The van der Waals surface area contributed by atoms with Gasteiger partial charge in [0.25, 0.3) is 5.56 Å². The molecule has 1 aliphatic rings. The molecule has 0 saturated carbocycles. The Balaban J connectivity index is 1.62. The van der Waals surface area contributed by atoms with E-state index in [0.717, 1.165) is 18.4 Å². The molecule has 178 valence electrons. The third-order valence-electron chi connectivity index (χ3n) is 5.78. The van der Waals surface area contributed by atoms with Gasteiger partial charge in [0, 0.05) is 24.7 Å². The van der Waals surface area contributed by atoms with Crippen LogP contribution in [0.25, 0.3) is 22.2 Å². The van der Waals surface area contributed by atoms with Gasteiger partial charge in [-0.1, -0.05) is 37.9 Å². The number of likely N-dealkylation sites (tertiary alicyclic amines) is 1. The maximum absolute atomic E-state index is 12.8. The minimum Gasteiger partial charge on any atom is -0.457 e. The van der Waals surface area contributed by atoms with Crippen molar-refractivity contribution in [2.24, 2.45) is 0 Å². The monoisotopic (exact) mass is 469 g/mol. The van der Waals surface area contributed by atoms with E-state index in [4.69, 9.17) is 4.74 Å². The van der Waals surface area contributed by atoms with E-state index in [2.05, 4.69) is 40.0 Å². The number of amides is 1. The van der Waals surface area contributed by atoms with Crippen LogP contribution in [0.2, 0.25) is 0 Å². The van der Waals surface area contributed by atoms with Crippen molar-refractivity contribution < 1.29 is 9.53 Å². The highest BCUT2D eigenvalue weighted by atomic mass is 16.5. The molecule has 1 saturated heterocycles. The number of H-pyrrole nitrogens is 1. The van der Waals surface area contributed by atoms with Gasteiger partial charge >= 0.3 is 0 Å². The summed E-state index contributed by atoms with van der Waals surface area (Å²) in [6.07, 6.45) is 9.46. The standard InChI is InChI=1S/C27H27N5O3/c1-4-8-20(5-2)35-21-12-10-18(11-13-21)22-15-23-25(28-17-29-26(23)31-27(22)34)30-19-9-7-14-32(16-19)24(33)6-3/h4-6,8,10-13,15,17,19H,1-3,7,9,14,16H2,(H2,28,29,30,31,34)/b20-8+. The first-order valence-corrected chi connectivity index (χ1v) is 11.3. The van der Waals surface area contributed by atoms with Crippen molar-refractivity contribution in [2.45, 2.75) is 18.9 Å². The van der Waals surface area contributed by atoms with Crippen LogP contribution in [0.15, 0.2) is 91.3 Å². The number of aromatic nitrogens is 3. The number of hydrogen-bond acceptors (Lipinski definition) is 6. The van der Waals surface area contributed by atoms with Crippen LogP contribution in [0.1, 0.15) is 12.8 Å². The Morgan fingerprint density at radius 1 is 1.17 bits per heavy atom. The summed E-state index contributed by atoms with van der Waals surface area (Å²) in [5, 5.41) is 4.13. The zero-order chi connectivity index (χ0) is 24.8. The molecule has 2 N–H and O–H groups in total. The molecule has 0 aliphatic carbocycles. The Bertz CT molecular complexity index is 1360. The van der Waals surface area contributed by atoms with Crippen LogP contribution in [0.5, 0.6) is 5.75 Å². The van der Waals surface area contributed by atoms with Crippen molar-refractivity contribution in [2.75, 3.05) is 18.4 Å². The maximum atomic E-state index is 12.8. The lowest BCUT2D eigenvalue weighted by molar-refractivity contribution is -0.127. The highest BCUT2D eigenvalue weighted by molar-refractivity contribution is 5.90. The Kier molecular flexibility index (Phi) is 7.21. The third-order valence-corrected chi connectivity index (χ3v) is 5.78. The number of allylic oxidation sites excluding steroid dienone is 3. The van der Waals surface area contributed by atoms with Gasteiger partial charge in [0.2, 0.25) is 5.91 Å². The molecule has 3 heterocycles. The molecular formula is C27H27N5O3. The maximum Gasteiger partial charge on any atom is 0.257 e. The van der Waals surface area contributed by atoms with Crippen LogP contribution in [-0.2, 0) is 4.79 Å². The SMILES string of the molecule is C=C/C=C(\C=C)Oc1ccc(-c2cc3c(NC4CCCN(C(=O)C=C)C4)ncnc3[nH]c2=O)cc1. The van der Waals surface area contributed by atoms with E-state index < -0.39 is 0 Å². The largest absolute Gasteiger partial charge is 0.457 e. The number of benzene rings is 1. The Labute approximate surface area is 203 Å². The Morgan fingerprint density at radius 3 is 2.69 bits per heavy atom. The fourth-order valence-electron chi connectivity index (χ4n) is 4.06. The number of nitrogens with one attached hydrogen (secondary N) is 2. The molecular weight excluding hydrogens is 442 g/mol. The van der Waals surface area contributed by atoms with Gasteiger partial charge in [0.05, 0.1) is 5.39 Å². The number of rotatable bonds is 8. The van der Waals surface area contributed by atoms with E-state index >= 15 is 0 Å². The van der Waals surface area contributed by atoms with Crippen molar-refractivity contribution in [3.63, 3.8) is 0 Å². The molecule has 1 unspecified atom stereocenters. The molecule has 3 aromatic rings. The lowest BCUT2D eigenvalue weighted by atomic mass is 10.0. The summed E-state index contributed by atoms with van der Waals surface area (Å²) in [6.45, 7) is 12.2. The third kappa shape index (κ3) is 5.38. The van der Waals surface area contributed by atoms with E-state index in [1.165, 1.54) is 12.4 Å². The summed E-state index contributed by atoms with van der Waals surface area (Å²) in [6, 6.07) is 9.02. The quantitative estimate of drug-likeness (QED) is 0.291. The molecule has 35 heavy (non-hydrogen) atoms. The zero-order valence-electron chi connectivity index (χ0n) is 19.4. The smallest absolute Gasteiger partial charge is 0.257 e. The van der Waals surface area contributed by atoms with E-state index in [-0.39, 0.29) is 17.5 Å². The fourth-order valence-corrected chi connectivity index (χ4v) is 4.06. The predicted octanol–water partition coefficient (Wildman–Crippen LogP) is 4.21. The second-order valence-corrected chi connectivity index (χ2v) is 8.10. The van der Waals surface area contributed by atoms with Crippen molar-refractivity contribution in [1.29, 1.82) is 0 Å². The van der Waals surface area contributed by atoms with Gasteiger partial charge in [0.1, 0.15) is 29.3 Å². The number of nitrogens with zero attached hydrogens (tertiary/aromatic N) is 3.